The summed E-state index contributed by atoms with van der Waals surface area (Å²) >= 11 is 0. The fourth-order valence-electron chi connectivity index (χ4n) is 2.01. The third kappa shape index (κ3) is 1.91. The first-order valence-electron chi connectivity index (χ1n) is 5.44. The third-order valence-electron chi connectivity index (χ3n) is 3.29. The molecule has 14 heavy (non-hydrogen) atoms. The number of nitrogens with zero attached hydrogens (tertiary/aromatic N) is 1. The lowest BCUT2D eigenvalue weighted by atomic mass is 9.84. The van der Waals surface area contributed by atoms with Crippen LogP contribution in [0.4, 0.5) is 0 Å². The smallest absolute Gasteiger partial charge is 0.239 e. The van der Waals surface area contributed by atoms with Gasteiger partial charge < -0.3 is 4.74 Å². The topological polar surface area (TPSA) is 55.6 Å². The highest BCUT2D eigenvalue weighted by molar-refractivity contribution is 5.79. The summed E-state index contributed by atoms with van der Waals surface area (Å²) in [6, 6.07) is 0.205. The fourth-order valence-corrected chi connectivity index (χ4v) is 2.01. The van der Waals surface area contributed by atoms with Gasteiger partial charge in [-0.2, -0.15) is 0 Å². The van der Waals surface area contributed by atoms with Crippen LogP contribution in [0.5, 0.6) is 0 Å². The first kappa shape index (κ1) is 9.93. The summed E-state index contributed by atoms with van der Waals surface area (Å²) in [4.78, 5) is 11.8. The lowest BCUT2D eigenvalue weighted by Gasteiger charge is -2.35. The van der Waals surface area contributed by atoms with E-state index in [1.54, 1.807) is 0 Å². The molecule has 2 fully saturated rings. The Morgan fingerprint density at radius 3 is 2.36 bits per heavy atom. The normalized spacial score (nSPS) is 24.4. The molecule has 0 aromatic rings. The average molecular weight is 198 g/mol. The minimum atomic E-state index is 0.142. The molecule has 2 rings (SSSR count). The summed E-state index contributed by atoms with van der Waals surface area (Å²) in [5.74, 6) is 6.18. The van der Waals surface area contributed by atoms with Gasteiger partial charge in [-0.1, -0.05) is 6.42 Å². The molecule has 2 aliphatic rings. The van der Waals surface area contributed by atoms with Gasteiger partial charge in [0.15, 0.2) is 0 Å². The van der Waals surface area contributed by atoms with Gasteiger partial charge in [-0.05, 0) is 25.7 Å². The van der Waals surface area contributed by atoms with Gasteiger partial charge in [-0.3, -0.25) is 9.80 Å². The maximum absolute atomic E-state index is 11.8. The SMILES string of the molecule is NN(C(=O)C1CCC1)C1CCOCC1. The number of ether oxygens (including phenoxy) is 1. The van der Waals surface area contributed by atoms with Crippen molar-refractivity contribution >= 4 is 5.91 Å². The number of amides is 1. The quantitative estimate of drug-likeness (QED) is 0.403. The van der Waals surface area contributed by atoms with Crippen LogP contribution in [-0.4, -0.2) is 30.2 Å². The van der Waals surface area contributed by atoms with Crippen LogP contribution < -0.4 is 5.84 Å². The monoisotopic (exact) mass is 198 g/mol. The summed E-state index contributed by atoms with van der Waals surface area (Å²) in [5, 5.41) is 1.46. The van der Waals surface area contributed by atoms with Crippen LogP contribution in [0.3, 0.4) is 0 Å². The second kappa shape index (κ2) is 4.28. The molecule has 1 aliphatic carbocycles. The van der Waals surface area contributed by atoms with Crippen LogP contribution in [0.2, 0.25) is 0 Å². The summed E-state index contributed by atoms with van der Waals surface area (Å²) < 4.78 is 5.24. The molecule has 0 radical (unpaired) electrons. The van der Waals surface area contributed by atoms with Crippen molar-refractivity contribution in [3.05, 3.63) is 0 Å². The summed E-state index contributed by atoms with van der Waals surface area (Å²) in [6.45, 7) is 1.46. The molecule has 0 bridgehead atoms. The highest BCUT2D eigenvalue weighted by atomic mass is 16.5. The first-order valence-corrected chi connectivity index (χ1v) is 5.44. The van der Waals surface area contributed by atoms with E-state index in [2.05, 4.69) is 0 Å². The van der Waals surface area contributed by atoms with Crippen molar-refractivity contribution in [2.24, 2.45) is 11.8 Å². The Bertz CT molecular complexity index is 210. The van der Waals surface area contributed by atoms with Crippen LogP contribution in [-0.2, 0) is 9.53 Å². The van der Waals surface area contributed by atoms with Gasteiger partial charge in [0.05, 0.1) is 6.04 Å². The van der Waals surface area contributed by atoms with Crippen LogP contribution in [0.25, 0.3) is 0 Å². The largest absolute Gasteiger partial charge is 0.381 e. The summed E-state index contributed by atoms with van der Waals surface area (Å²) in [6.07, 6.45) is 4.99. The van der Waals surface area contributed by atoms with Crippen molar-refractivity contribution in [1.29, 1.82) is 0 Å². The molecule has 1 amide bonds. The van der Waals surface area contributed by atoms with E-state index in [1.807, 2.05) is 0 Å². The van der Waals surface area contributed by atoms with Crippen molar-refractivity contribution in [1.82, 2.24) is 5.01 Å². The Kier molecular flexibility index (Phi) is 3.03. The molecule has 0 aromatic carbocycles. The Balaban J connectivity index is 1.85. The first-order chi connectivity index (χ1) is 6.79. The molecule has 2 N–H and O–H groups in total. The molecular formula is C10H18N2O2. The van der Waals surface area contributed by atoms with E-state index in [-0.39, 0.29) is 17.9 Å². The van der Waals surface area contributed by atoms with Crippen molar-refractivity contribution in [2.45, 2.75) is 38.1 Å². The molecule has 0 aromatic heterocycles. The van der Waals surface area contributed by atoms with E-state index >= 15 is 0 Å². The van der Waals surface area contributed by atoms with Gasteiger partial charge in [0.1, 0.15) is 0 Å². The van der Waals surface area contributed by atoms with E-state index in [9.17, 15) is 4.79 Å². The van der Waals surface area contributed by atoms with E-state index in [4.69, 9.17) is 10.6 Å². The number of hydrogen-bond acceptors (Lipinski definition) is 3. The van der Waals surface area contributed by atoms with Crippen LogP contribution in [0.15, 0.2) is 0 Å². The molecule has 1 heterocycles. The van der Waals surface area contributed by atoms with Crippen molar-refractivity contribution in [3.63, 3.8) is 0 Å². The van der Waals surface area contributed by atoms with Gasteiger partial charge >= 0.3 is 0 Å². The van der Waals surface area contributed by atoms with E-state index in [1.165, 1.54) is 11.4 Å². The maximum atomic E-state index is 11.8. The van der Waals surface area contributed by atoms with Crippen molar-refractivity contribution < 1.29 is 9.53 Å². The molecule has 4 heteroatoms. The molecule has 0 spiro atoms. The van der Waals surface area contributed by atoms with Crippen LogP contribution >= 0.6 is 0 Å². The second-order valence-electron chi connectivity index (χ2n) is 4.22. The third-order valence-corrected chi connectivity index (χ3v) is 3.29. The fraction of sp³-hybridized carbons (Fsp3) is 0.900. The zero-order valence-corrected chi connectivity index (χ0v) is 8.45. The number of rotatable bonds is 2. The van der Waals surface area contributed by atoms with Gasteiger partial charge in [0.25, 0.3) is 0 Å². The Labute approximate surface area is 84.4 Å². The minimum Gasteiger partial charge on any atom is -0.381 e. The molecule has 0 atom stereocenters. The van der Waals surface area contributed by atoms with Gasteiger partial charge in [0, 0.05) is 19.1 Å². The zero-order chi connectivity index (χ0) is 9.97. The number of hydrogen-bond donors (Lipinski definition) is 1. The average Bonchev–Trinajstić information content (AvgIpc) is 2.15. The van der Waals surface area contributed by atoms with Crippen LogP contribution in [0.1, 0.15) is 32.1 Å². The predicted octanol–water partition coefficient (Wildman–Crippen LogP) is 0.668. The Hall–Kier alpha value is -0.610. The van der Waals surface area contributed by atoms with Gasteiger partial charge in [-0.25, -0.2) is 5.84 Å². The molecule has 0 unspecified atom stereocenters. The lowest BCUT2D eigenvalue weighted by molar-refractivity contribution is -0.142. The van der Waals surface area contributed by atoms with Crippen molar-refractivity contribution in [2.75, 3.05) is 13.2 Å². The second-order valence-corrected chi connectivity index (χ2v) is 4.22. The maximum Gasteiger partial charge on any atom is 0.239 e. The number of nitrogens with two attached hydrogens (primary N) is 1. The highest BCUT2D eigenvalue weighted by Crippen LogP contribution is 2.28. The molecule has 1 aliphatic heterocycles. The standard InChI is InChI=1S/C10H18N2O2/c11-12(9-4-6-14-7-5-9)10(13)8-2-1-3-8/h8-9H,1-7,11H2. The van der Waals surface area contributed by atoms with Crippen LogP contribution in [0, 0.1) is 5.92 Å². The Morgan fingerprint density at radius 1 is 1.21 bits per heavy atom. The molecule has 4 nitrogen and oxygen atoms in total. The number of carbonyl (C=O) groups is 1. The Morgan fingerprint density at radius 2 is 1.86 bits per heavy atom. The number of carbonyl (C=O) groups excluding carboxylic acids is 1. The van der Waals surface area contributed by atoms with Gasteiger partial charge in [-0.15, -0.1) is 0 Å². The summed E-state index contributed by atoms with van der Waals surface area (Å²) in [7, 11) is 0. The zero-order valence-electron chi connectivity index (χ0n) is 8.45. The van der Waals surface area contributed by atoms with E-state index in [0.29, 0.717) is 0 Å². The molecule has 1 saturated carbocycles. The van der Waals surface area contributed by atoms with Crippen molar-refractivity contribution in [3.8, 4) is 0 Å². The number of hydrazine groups is 1. The molecule has 1 saturated heterocycles. The lowest BCUT2D eigenvalue weighted by Crippen LogP contribution is -2.51. The van der Waals surface area contributed by atoms with E-state index in [0.717, 1.165) is 38.9 Å². The van der Waals surface area contributed by atoms with Gasteiger partial charge in [0.2, 0.25) is 5.91 Å². The molecular weight excluding hydrogens is 180 g/mol. The van der Waals surface area contributed by atoms with E-state index < -0.39 is 0 Å². The molecule has 80 valence electrons. The highest BCUT2D eigenvalue weighted by Gasteiger charge is 2.32. The predicted molar refractivity (Wildman–Crippen MR) is 52.2 cm³/mol. The summed E-state index contributed by atoms with van der Waals surface area (Å²) in [5.41, 5.74) is 0. The minimum absolute atomic E-state index is 0.142.